The average molecular weight is 317 g/mol. The van der Waals surface area contributed by atoms with Crippen molar-refractivity contribution in [3.05, 3.63) is 17.4 Å². The third-order valence-corrected chi connectivity index (χ3v) is 5.08. The van der Waals surface area contributed by atoms with Crippen molar-refractivity contribution in [2.75, 3.05) is 20.5 Å². The maximum atomic E-state index is 14.4. The Hall–Kier alpha value is -1.34. The Morgan fingerprint density at radius 2 is 1.71 bits per heavy atom. The molecule has 1 fully saturated rings. The molecule has 0 aliphatic heterocycles. The number of hydrogen-bond donors (Lipinski definition) is 1. The van der Waals surface area contributed by atoms with E-state index < -0.39 is 26.1 Å². The molecule has 118 valence electrons. The van der Waals surface area contributed by atoms with E-state index in [0.717, 1.165) is 19.1 Å². The molecule has 0 atom stereocenters. The average Bonchev–Trinajstić information content (AvgIpc) is 2.83. The molecule has 1 aromatic carbocycles. The SMILES string of the molecule is COc1c(C2(N)CCCC2)cc(F)c(S(C)(=O)=O)c1OC. The van der Waals surface area contributed by atoms with Crippen LogP contribution in [-0.2, 0) is 15.4 Å². The summed E-state index contributed by atoms with van der Waals surface area (Å²) in [5, 5.41) is 0. The summed E-state index contributed by atoms with van der Waals surface area (Å²) >= 11 is 0. The third kappa shape index (κ3) is 2.72. The van der Waals surface area contributed by atoms with Crippen LogP contribution in [0.1, 0.15) is 31.2 Å². The Balaban J connectivity index is 2.78. The molecule has 5 nitrogen and oxygen atoms in total. The highest BCUT2D eigenvalue weighted by molar-refractivity contribution is 7.90. The molecule has 21 heavy (non-hydrogen) atoms. The maximum Gasteiger partial charge on any atom is 0.182 e. The van der Waals surface area contributed by atoms with E-state index in [2.05, 4.69) is 0 Å². The predicted octanol–water partition coefficient (Wildman–Crippen LogP) is 1.97. The molecular weight excluding hydrogens is 297 g/mol. The van der Waals surface area contributed by atoms with Crippen molar-refractivity contribution >= 4 is 9.84 Å². The topological polar surface area (TPSA) is 78.6 Å². The second-order valence-corrected chi connectivity index (χ2v) is 7.39. The van der Waals surface area contributed by atoms with Gasteiger partial charge in [-0.2, -0.15) is 0 Å². The third-order valence-electron chi connectivity index (χ3n) is 3.96. The first-order chi connectivity index (χ1) is 9.74. The van der Waals surface area contributed by atoms with Crippen molar-refractivity contribution in [2.45, 2.75) is 36.1 Å². The van der Waals surface area contributed by atoms with Crippen LogP contribution in [-0.4, -0.2) is 28.9 Å². The van der Waals surface area contributed by atoms with Crippen molar-refractivity contribution in [1.29, 1.82) is 0 Å². The van der Waals surface area contributed by atoms with E-state index in [1.165, 1.54) is 20.3 Å². The van der Waals surface area contributed by atoms with Crippen LogP contribution >= 0.6 is 0 Å². The highest BCUT2D eigenvalue weighted by Crippen LogP contribution is 2.47. The van der Waals surface area contributed by atoms with Gasteiger partial charge < -0.3 is 15.2 Å². The van der Waals surface area contributed by atoms with Gasteiger partial charge in [0, 0.05) is 17.4 Å². The first kappa shape index (κ1) is 16.0. The van der Waals surface area contributed by atoms with Crippen molar-refractivity contribution < 1.29 is 22.3 Å². The molecule has 1 aliphatic carbocycles. The molecule has 1 aliphatic rings. The molecule has 1 saturated carbocycles. The second kappa shape index (κ2) is 5.46. The Kier molecular flexibility index (Phi) is 4.17. The molecule has 0 aromatic heterocycles. The van der Waals surface area contributed by atoms with Gasteiger partial charge in [0.15, 0.2) is 21.3 Å². The standard InChI is InChI=1S/C14H20FNO4S/c1-19-11-9(14(16)6-4-5-7-14)8-10(15)13(12(11)20-2)21(3,17)18/h8H,4-7,16H2,1-3H3. The van der Waals surface area contributed by atoms with E-state index in [4.69, 9.17) is 15.2 Å². The van der Waals surface area contributed by atoms with Gasteiger partial charge in [-0.15, -0.1) is 0 Å². The lowest BCUT2D eigenvalue weighted by Gasteiger charge is -2.28. The number of ether oxygens (including phenoxy) is 2. The minimum atomic E-state index is -3.79. The van der Waals surface area contributed by atoms with E-state index >= 15 is 0 Å². The lowest BCUT2D eigenvalue weighted by molar-refractivity contribution is 0.324. The monoisotopic (exact) mass is 317 g/mol. The van der Waals surface area contributed by atoms with Gasteiger partial charge in [-0.25, -0.2) is 12.8 Å². The first-order valence-corrected chi connectivity index (χ1v) is 8.57. The molecule has 2 N–H and O–H groups in total. The quantitative estimate of drug-likeness (QED) is 0.918. The molecule has 2 rings (SSSR count). The van der Waals surface area contributed by atoms with Crippen LogP contribution in [0.5, 0.6) is 11.5 Å². The highest BCUT2D eigenvalue weighted by Gasteiger charge is 2.38. The lowest BCUT2D eigenvalue weighted by atomic mass is 9.88. The number of rotatable bonds is 4. The van der Waals surface area contributed by atoms with Gasteiger partial charge in [0.25, 0.3) is 0 Å². The first-order valence-electron chi connectivity index (χ1n) is 6.68. The summed E-state index contributed by atoms with van der Waals surface area (Å²) in [6.45, 7) is 0. The van der Waals surface area contributed by atoms with Crippen LogP contribution < -0.4 is 15.2 Å². The van der Waals surface area contributed by atoms with Gasteiger partial charge in [-0.05, 0) is 18.9 Å². The van der Waals surface area contributed by atoms with Crippen molar-refractivity contribution in [3.63, 3.8) is 0 Å². The fraction of sp³-hybridized carbons (Fsp3) is 0.571. The Morgan fingerprint density at radius 3 is 2.14 bits per heavy atom. The van der Waals surface area contributed by atoms with Crippen molar-refractivity contribution in [2.24, 2.45) is 5.73 Å². The minimum absolute atomic E-state index is 0.119. The number of sulfone groups is 1. The lowest BCUT2D eigenvalue weighted by Crippen LogP contribution is -2.34. The van der Waals surface area contributed by atoms with Crippen LogP contribution in [0.4, 0.5) is 4.39 Å². The predicted molar refractivity (Wildman–Crippen MR) is 76.9 cm³/mol. The summed E-state index contributed by atoms with van der Waals surface area (Å²) < 4.78 is 48.4. The molecule has 0 unspecified atom stereocenters. The van der Waals surface area contributed by atoms with Gasteiger partial charge >= 0.3 is 0 Å². The van der Waals surface area contributed by atoms with Gasteiger partial charge in [0.05, 0.1) is 14.2 Å². The molecule has 0 bridgehead atoms. The van der Waals surface area contributed by atoms with Gasteiger partial charge in [-0.1, -0.05) is 12.8 Å². The largest absolute Gasteiger partial charge is 0.492 e. The van der Waals surface area contributed by atoms with Gasteiger partial charge in [0.1, 0.15) is 10.7 Å². The Morgan fingerprint density at radius 1 is 1.19 bits per heavy atom. The fourth-order valence-corrected chi connectivity index (χ4v) is 3.90. The molecule has 0 saturated heterocycles. The number of benzene rings is 1. The zero-order valence-electron chi connectivity index (χ0n) is 12.4. The van der Waals surface area contributed by atoms with Gasteiger partial charge in [-0.3, -0.25) is 0 Å². The molecule has 0 radical (unpaired) electrons. The number of hydrogen-bond acceptors (Lipinski definition) is 5. The zero-order valence-corrected chi connectivity index (χ0v) is 13.2. The maximum absolute atomic E-state index is 14.4. The molecular formula is C14H20FNO4S. The minimum Gasteiger partial charge on any atom is -0.492 e. The van der Waals surface area contributed by atoms with E-state index in [1.54, 1.807) is 0 Å². The summed E-state index contributed by atoms with van der Waals surface area (Å²) in [4.78, 5) is -0.493. The Bertz CT molecular complexity index is 651. The molecule has 0 spiro atoms. The molecule has 0 heterocycles. The smallest absolute Gasteiger partial charge is 0.182 e. The summed E-state index contributed by atoms with van der Waals surface area (Å²) in [6.07, 6.45) is 4.21. The van der Waals surface area contributed by atoms with E-state index in [-0.39, 0.29) is 11.5 Å². The van der Waals surface area contributed by atoms with E-state index in [1.807, 2.05) is 0 Å². The summed E-state index contributed by atoms with van der Waals surface area (Å²) in [5.74, 6) is -0.780. The van der Waals surface area contributed by atoms with Crippen molar-refractivity contribution in [3.8, 4) is 11.5 Å². The van der Waals surface area contributed by atoms with E-state index in [0.29, 0.717) is 18.4 Å². The summed E-state index contributed by atoms with van der Waals surface area (Å²) in [5.41, 5.74) is 6.11. The molecule has 0 amide bonds. The van der Waals surface area contributed by atoms with Crippen molar-refractivity contribution in [1.82, 2.24) is 0 Å². The van der Waals surface area contributed by atoms with Crippen LogP contribution in [0.25, 0.3) is 0 Å². The normalized spacial score (nSPS) is 17.8. The van der Waals surface area contributed by atoms with Crippen LogP contribution in [0.2, 0.25) is 0 Å². The number of methoxy groups -OCH3 is 2. The van der Waals surface area contributed by atoms with Crippen LogP contribution in [0, 0.1) is 5.82 Å². The molecule has 7 heteroatoms. The Labute approximate surface area is 124 Å². The fourth-order valence-electron chi connectivity index (χ4n) is 2.97. The van der Waals surface area contributed by atoms with Crippen LogP contribution in [0.15, 0.2) is 11.0 Å². The number of nitrogens with two attached hydrogens (primary N) is 1. The highest BCUT2D eigenvalue weighted by atomic mass is 32.2. The summed E-state index contributed by atoms with van der Waals surface area (Å²) in [6, 6.07) is 1.17. The molecule has 1 aromatic rings. The van der Waals surface area contributed by atoms with Crippen LogP contribution in [0.3, 0.4) is 0 Å². The van der Waals surface area contributed by atoms with E-state index in [9.17, 15) is 12.8 Å². The van der Waals surface area contributed by atoms with Gasteiger partial charge in [0.2, 0.25) is 0 Å². The zero-order chi connectivity index (χ0) is 15.8. The summed E-state index contributed by atoms with van der Waals surface area (Å²) in [7, 11) is -1.11. The second-order valence-electron chi connectivity index (χ2n) is 5.44. The number of halogens is 1.